The third kappa shape index (κ3) is 4.76. The molecule has 4 rings (SSSR count). The molecule has 0 spiro atoms. The number of pyridine rings is 1. The van der Waals surface area contributed by atoms with E-state index < -0.39 is 5.91 Å². The number of nitrogens with one attached hydrogen (secondary N) is 1. The van der Waals surface area contributed by atoms with Crippen LogP contribution in [0.5, 0.6) is 5.88 Å². The minimum atomic E-state index is -0.472. The summed E-state index contributed by atoms with van der Waals surface area (Å²) in [4.78, 5) is 16.7. The van der Waals surface area contributed by atoms with Crippen LogP contribution in [0.15, 0.2) is 64.2 Å². The van der Waals surface area contributed by atoms with Gasteiger partial charge in [-0.05, 0) is 50.5 Å². The average molecular weight is 517 g/mol. The Morgan fingerprint density at radius 2 is 1.82 bits per heavy atom. The van der Waals surface area contributed by atoms with Gasteiger partial charge in [-0.2, -0.15) is 10.4 Å². The fourth-order valence-corrected chi connectivity index (χ4v) is 4.14. The zero-order valence-electron chi connectivity index (χ0n) is 18.6. The largest absolute Gasteiger partial charge is 0.467 e. The fourth-order valence-electron chi connectivity index (χ4n) is 3.74. The minimum Gasteiger partial charge on any atom is -0.467 e. The molecule has 0 saturated carbocycles. The van der Waals surface area contributed by atoms with Gasteiger partial charge in [0.2, 0.25) is 5.88 Å². The number of benzene rings is 3. The van der Waals surface area contributed by atoms with Gasteiger partial charge >= 0.3 is 0 Å². The van der Waals surface area contributed by atoms with Crippen LogP contribution in [0.3, 0.4) is 0 Å². The summed E-state index contributed by atoms with van der Waals surface area (Å²) in [6.07, 6.45) is 1.64. The quantitative estimate of drug-likeness (QED) is 0.211. The second-order valence-electron chi connectivity index (χ2n) is 7.53. The van der Waals surface area contributed by atoms with E-state index in [2.05, 4.69) is 43.6 Å². The van der Waals surface area contributed by atoms with E-state index in [0.717, 1.165) is 27.1 Å². The summed E-state index contributed by atoms with van der Waals surface area (Å²) in [5, 5.41) is 18.0. The van der Waals surface area contributed by atoms with Crippen molar-refractivity contribution in [1.82, 2.24) is 10.4 Å². The zero-order chi connectivity index (χ0) is 24.1. The zero-order valence-corrected chi connectivity index (χ0v) is 20.2. The number of carbonyl (C=O) groups excluding carboxylic acids is 1. The van der Waals surface area contributed by atoms with Crippen LogP contribution in [0.4, 0.5) is 0 Å². The average Bonchev–Trinajstić information content (AvgIpc) is 2.85. The maximum Gasteiger partial charge on any atom is 0.278 e. The van der Waals surface area contributed by atoms with Crippen molar-refractivity contribution in [3.8, 4) is 11.9 Å². The minimum absolute atomic E-state index is 0.0782. The Labute approximate surface area is 205 Å². The number of amides is 1. The summed E-state index contributed by atoms with van der Waals surface area (Å²) >= 11 is 3.43. The van der Waals surface area contributed by atoms with Crippen LogP contribution in [0.2, 0.25) is 0 Å². The molecule has 1 aromatic heterocycles. The summed E-state index contributed by atoms with van der Waals surface area (Å²) in [5.74, 6) is -0.394. The van der Waals surface area contributed by atoms with Gasteiger partial charge < -0.3 is 9.47 Å². The van der Waals surface area contributed by atoms with Gasteiger partial charge in [0.25, 0.3) is 5.91 Å². The highest BCUT2D eigenvalue weighted by Gasteiger charge is 2.18. The number of rotatable bonds is 7. The van der Waals surface area contributed by atoms with Gasteiger partial charge in [0.1, 0.15) is 11.6 Å². The Bertz CT molecular complexity index is 1410. The lowest BCUT2D eigenvalue weighted by atomic mass is 9.97. The van der Waals surface area contributed by atoms with E-state index in [1.807, 2.05) is 48.5 Å². The highest BCUT2D eigenvalue weighted by Crippen LogP contribution is 2.30. The number of hydrogen-bond acceptors (Lipinski definition) is 6. The van der Waals surface area contributed by atoms with Gasteiger partial charge in [-0.25, -0.2) is 10.4 Å². The van der Waals surface area contributed by atoms with Gasteiger partial charge in [0.15, 0.2) is 6.61 Å². The molecule has 3 aromatic carbocycles. The number of fused-ring (bicyclic) bond motifs is 2. The van der Waals surface area contributed by atoms with Crippen molar-refractivity contribution < 1.29 is 14.3 Å². The Balaban J connectivity index is 1.52. The van der Waals surface area contributed by atoms with Crippen LogP contribution >= 0.6 is 15.9 Å². The molecule has 8 heteroatoms. The van der Waals surface area contributed by atoms with Crippen molar-refractivity contribution in [2.24, 2.45) is 5.10 Å². The van der Waals surface area contributed by atoms with Gasteiger partial charge in [-0.1, -0.05) is 48.5 Å². The third-order valence-electron chi connectivity index (χ3n) is 5.30. The smallest absolute Gasteiger partial charge is 0.278 e. The van der Waals surface area contributed by atoms with Crippen molar-refractivity contribution >= 4 is 49.6 Å². The maximum atomic E-state index is 12.4. The number of ether oxygens (including phenoxy) is 2. The Kier molecular flexibility index (Phi) is 7.16. The molecule has 1 N–H and O–H groups in total. The molecule has 0 radical (unpaired) electrons. The molecule has 0 aliphatic heterocycles. The highest BCUT2D eigenvalue weighted by molar-refractivity contribution is 9.10. The Morgan fingerprint density at radius 3 is 2.44 bits per heavy atom. The molecule has 0 atom stereocenters. The third-order valence-corrected chi connectivity index (χ3v) is 6.36. The lowest BCUT2D eigenvalue weighted by Gasteiger charge is -2.13. The molecule has 0 saturated heterocycles. The van der Waals surface area contributed by atoms with Gasteiger partial charge in [-0.3, -0.25) is 4.79 Å². The van der Waals surface area contributed by atoms with E-state index in [9.17, 15) is 10.1 Å². The first kappa shape index (κ1) is 23.4. The molecule has 1 amide bonds. The number of aryl methyl sites for hydroxylation is 1. The normalized spacial score (nSPS) is 11.1. The number of halogens is 1. The van der Waals surface area contributed by atoms with E-state index in [1.165, 1.54) is 7.11 Å². The predicted octanol–water partition coefficient (Wildman–Crippen LogP) is 5.01. The Hall–Kier alpha value is -3.80. The first-order chi connectivity index (χ1) is 16.5. The van der Waals surface area contributed by atoms with E-state index >= 15 is 0 Å². The number of carbonyl (C=O) groups is 1. The molecule has 4 aromatic rings. The van der Waals surface area contributed by atoms with Crippen molar-refractivity contribution in [1.29, 1.82) is 5.26 Å². The topological polar surface area (TPSA) is 96.6 Å². The highest BCUT2D eigenvalue weighted by atomic mass is 79.9. The van der Waals surface area contributed by atoms with E-state index in [-0.39, 0.29) is 24.7 Å². The van der Waals surface area contributed by atoms with E-state index in [1.54, 1.807) is 13.1 Å². The van der Waals surface area contributed by atoms with Crippen LogP contribution in [-0.2, 0) is 16.1 Å². The van der Waals surface area contributed by atoms with Crippen LogP contribution in [-0.4, -0.2) is 30.8 Å². The molecular weight excluding hydrogens is 496 g/mol. The van der Waals surface area contributed by atoms with Crippen LogP contribution in [0.1, 0.15) is 22.4 Å². The second-order valence-corrected chi connectivity index (χ2v) is 8.32. The maximum absolute atomic E-state index is 12.4. The molecular formula is C26H21BrN4O3. The molecule has 1 heterocycles. The Morgan fingerprint density at radius 1 is 1.18 bits per heavy atom. The molecule has 0 aliphatic rings. The standard InChI is InChI=1S/C26H21BrN4O3/c1-16-25(27)23(14-33-2)21(12-28)26(30-16)34-15-24(32)31-29-13-22-19-9-5-3-7-17(19)11-18-8-4-6-10-20(18)22/h3-11,13H,14-15H2,1-2H3,(H,31,32)/b29-13-. The van der Waals surface area contributed by atoms with Gasteiger partial charge in [-0.15, -0.1) is 0 Å². The van der Waals surface area contributed by atoms with Crippen molar-refractivity contribution in [3.05, 3.63) is 81.5 Å². The molecule has 0 aliphatic carbocycles. The summed E-state index contributed by atoms with van der Waals surface area (Å²) < 4.78 is 11.4. The van der Waals surface area contributed by atoms with Gasteiger partial charge in [0.05, 0.1) is 18.5 Å². The summed E-state index contributed by atoms with van der Waals surface area (Å²) in [6.45, 7) is 1.64. The number of nitrogens with zero attached hydrogens (tertiary/aromatic N) is 3. The monoisotopic (exact) mass is 516 g/mol. The molecule has 34 heavy (non-hydrogen) atoms. The lowest BCUT2D eigenvalue weighted by Crippen LogP contribution is -2.25. The van der Waals surface area contributed by atoms with Crippen molar-refractivity contribution in [3.63, 3.8) is 0 Å². The van der Waals surface area contributed by atoms with Gasteiger partial charge in [0, 0.05) is 22.7 Å². The number of nitriles is 1. The first-order valence-corrected chi connectivity index (χ1v) is 11.3. The van der Waals surface area contributed by atoms with Crippen molar-refractivity contribution in [2.45, 2.75) is 13.5 Å². The second kappa shape index (κ2) is 10.4. The number of hydrogen-bond donors (Lipinski definition) is 1. The number of methoxy groups -OCH3 is 1. The lowest BCUT2D eigenvalue weighted by molar-refractivity contribution is -0.123. The van der Waals surface area contributed by atoms with Crippen LogP contribution < -0.4 is 10.2 Å². The summed E-state index contributed by atoms with van der Waals surface area (Å²) in [6, 6.07) is 20.3. The fraction of sp³-hybridized carbons (Fsp3) is 0.154. The SMILES string of the molecule is COCc1c(Br)c(C)nc(OCC(=O)N/N=C\c2c3ccccc3cc3ccccc23)c1C#N. The van der Waals surface area contributed by atoms with Crippen LogP contribution in [0.25, 0.3) is 21.5 Å². The number of hydrazone groups is 1. The van der Waals surface area contributed by atoms with Crippen molar-refractivity contribution in [2.75, 3.05) is 13.7 Å². The first-order valence-electron chi connectivity index (χ1n) is 10.5. The molecule has 0 fully saturated rings. The molecule has 0 bridgehead atoms. The molecule has 0 unspecified atom stereocenters. The number of aromatic nitrogens is 1. The summed E-state index contributed by atoms with van der Waals surface area (Å²) in [7, 11) is 1.54. The molecule has 7 nitrogen and oxygen atoms in total. The predicted molar refractivity (Wildman–Crippen MR) is 135 cm³/mol. The van der Waals surface area contributed by atoms with E-state index in [4.69, 9.17) is 9.47 Å². The van der Waals surface area contributed by atoms with Crippen LogP contribution in [0, 0.1) is 18.3 Å². The summed E-state index contributed by atoms with van der Waals surface area (Å²) in [5.41, 5.74) is 4.87. The molecule has 170 valence electrons. The van der Waals surface area contributed by atoms with E-state index in [0.29, 0.717) is 15.7 Å².